The number of hydrogen-bond donors (Lipinski definition) is 1. The number of carbonyl (C=O) groups excluding carboxylic acids is 1. The average Bonchev–Trinajstić information content (AvgIpc) is 2.67. The van der Waals surface area contributed by atoms with Gasteiger partial charge in [0, 0.05) is 6.07 Å². The van der Waals surface area contributed by atoms with Crippen molar-refractivity contribution in [1.29, 1.82) is 0 Å². The van der Waals surface area contributed by atoms with Crippen molar-refractivity contribution < 1.29 is 27.1 Å². The lowest BCUT2D eigenvalue weighted by molar-refractivity contribution is -0.117. The molecule has 0 unspecified atom stereocenters. The number of methoxy groups -OCH3 is 2. The van der Waals surface area contributed by atoms with E-state index < -0.39 is 27.8 Å². The lowest BCUT2D eigenvalue weighted by Crippen LogP contribution is -2.47. The molecule has 0 fully saturated rings. The van der Waals surface area contributed by atoms with E-state index in [1.807, 2.05) is 0 Å². The first-order valence-corrected chi connectivity index (χ1v) is 10.8. The van der Waals surface area contributed by atoms with Gasteiger partial charge in [0.05, 0.1) is 36.9 Å². The standard InChI is InChI=1S/C19H22ClFN2O5S/c1-5-17(19(24)22-16-9-7-13(27-2)11-18(16)28-3)23(29(4,25)26)12-6-8-15(21)14(20)10-12/h6-11,17H,5H2,1-4H3,(H,22,24)/t17-/m0/s1. The minimum Gasteiger partial charge on any atom is -0.497 e. The first-order valence-electron chi connectivity index (χ1n) is 8.59. The second kappa shape index (κ2) is 9.32. The van der Waals surface area contributed by atoms with Crippen LogP contribution in [0.5, 0.6) is 11.5 Å². The molecule has 1 amide bonds. The number of ether oxygens (including phenoxy) is 2. The van der Waals surface area contributed by atoms with Crippen molar-refractivity contribution in [3.63, 3.8) is 0 Å². The van der Waals surface area contributed by atoms with Crippen LogP contribution in [0.4, 0.5) is 15.8 Å². The number of sulfonamides is 1. The summed E-state index contributed by atoms with van der Waals surface area (Å²) in [7, 11) is -0.949. The number of rotatable bonds is 8. The second-order valence-corrected chi connectivity index (χ2v) is 8.40. The van der Waals surface area contributed by atoms with Crippen molar-refractivity contribution in [3.8, 4) is 11.5 Å². The zero-order valence-corrected chi connectivity index (χ0v) is 18.0. The molecule has 7 nitrogen and oxygen atoms in total. The molecule has 1 atom stereocenters. The normalized spacial score (nSPS) is 12.2. The van der Waals surface area contributed by atoms with Crippen LogP contribution in [0, 0.1) is 5.82 Å². The summed E-state index contributed by atoms with van der Waals surface area (Å²) in [5, 5.41) is 2.43. The molecule has 0 aliphatic carbocycles. The van der Waals surface area contributed by atoms with Gasteiger partial charge in [0.15, 0.2) is 0 Å². The molecule has 158 valence electrons. The summed E-state index contributed by atoms with van der Waals surface area (Å²) in [6, 6.07) is 7.18. The fourth-order valence-corrected chi connectivity index (χ4v) is 4.18. The molecule has 0 spiro atoms. The minimum absolute atomic E-state index is 0.0857. The van der Waals surface area contributed by atoms with Crippen molar-refractivity contribution >= 4 is 38.9 Å². The predicted octanol–water partition coefficient (Wildman–Crippen LogP) is 3.68. The van der Waals surface area contributed by atoms with Crippen LogP contribution in [0.2, 0.25) is 5.02 Å². The third-order valence-electron chi connectivity index (χ3n) is 4.15. The van der Waals surface area contributed by atoms with Crippen LogP contribution in [0.1, 0.15) is 13.3 Å². The van der Waals surface area contributed by atoms with Gasteiger partial charge in [-0.1, -0.05) is 18.5 Å². The molecular weight excluding hydrogens is 423 g/mol. The number of carbonyl (C=O) groups is 1. The van der Waals surface area contributed by atoms with Crippen LogP contribution in [0.25, 0.3) is 0 Å². The molecule has 0 saturated heterocycles. The van der Waals surface area contributed by atoms with E-state index >= 15 is 0 Å². The summed E-state index contributed by atoms with van der Waals surface area (Å²) < 4.78 is 49.8. The molecule has 0 radical (unpaired) electrons. The Morgan fingerprint density at radius 2 is 1.90 bits per heavy atom. The molecule has 29 heavy (non-hydrogen) atoms. The quantitative estimate of drug-likeness (QED) is 0.671. The Labute approximate surface area is 174 Å². The number of anilines is 2. The number of hydrogen-bond acceptors (Lipinski definition) is 5. The highest BCUT2D eigenvalue weighted by Crippen LogP contribution is 2.31. The molecule has 2 rings (SSSR count). The summed E-state index contributed by atoms with van der Waals surface area (Å²) in [6.45, 7) is 1.67. The fourth-order valence-electron chi connectivity index (χ4n) is 2.80. The van der Waals surface area contributed by atoms with Crippen LogP contribution in [0.3, 0.4) is 0 Å². The van der Waals surface area contributed by atoms with Gasteiger partial charge in [0.2, 0.25) is 15.9 Å². The molecule has 0 aliphatic heterocycles. The van der Waals surface area contributed by atoms with E-state index in [1.54, 1.807) is 25.1 Å². The number of nitrogens with one attached hydrogen (secondary N) is 1. The van der Waals surface area contributed by atoms with Gasteiger partial charge in [-0.05, 0) is 36.8 Å². The highest BCUT2D eigenvalue weighted by Gasteiger charge is 2.32. The van der Waals surface area contributed by atoms with Crippen molar-refractivity contribution in [2.45, 2.75) is 19.4 Å². The maximum absolute atomic E-state index is 13.5. The molecule has 2 aromatic carbocycles. The van der Waals surface area contributed by atoms with Gasteiger partial charge in [-0.2, -0.15) is 0 Å². The highest BCUT2D eigenvalue weighted by atomic mass is 35.5. The van der Waals surface area contributed by atoms with E-state index in [9.17, 15) is 17.6 Å². The number of benzene rings is 2. The number of halogens is 2. The Hall–Kier alpha value is -2.52. The molecule has 0 aromatic heterocycles. The van der Waals surface area contributed by atoms with E-state index in [2.05, 4.69) is 5.32 Å². The van der Waals surface area contributed by atoms with Crippen molar-refractivity contribution in [2.24, 2.45) is 0 Å². The predicted molar refractivity (Wildman–Crippen MR) is 111 cm³/mol. The van der Waals surface area contributed by atoms with Gasteiger partial charge >= 0.3 is 0 Å². The largest absolute Gasteiger partial charge is 0.497 e. The topological polar surface area (TPSA) is 84.9 Å². The lowest BCUT2D eigenvalue weighted by atomic mass is 10.1. The molecule has 2 aromatic rings. The molecule has 0 saturated carbocycles. The van der Waals surface area contributed by atoms with E-state index in [1.165, 1.54) is 26.4 Å². The summed E-state index contributed by atoms with van der Waals surface area (Å²) in [5.41, 5.74) is 0.435. The Bertz CT molecular complexity index is 1000. The first kappa shape index (κ1) is 22.8. The zero-order chi connectivity index (χ0) is 21.8. The number of amides is 1. The maximum atomic E-state index is 13.5. The smallest absolute Gasteiger partial charge is 0.248 e. The van der Waals surface area contributed by atoms with Crippen LogP contribution in [0.15, 0.2) is 36.4 Å². The van der Waals surface area contributed by atoms with Crippen LogP contribution in [-0.2, 0) is 14.8 Å². The maximum Gasteiger partial charge on any atom is 0.248 e. The van der Waals surface area contributed by atoms with Crippen molar-refractivity contribution in [1.82, 2.24) is 0 Å². The van der Waals surface area contributed by atoms with E-state index in [0.717, 1.165) is 16.6 Å². The van der Waals surface area contributed by atoms with Gasteiger partial charge in [0.1, 0.15) is 23.4 Å². The first-order chi connectivity index (χ1) is 13.6. The molecule has 10 heteroatoms. The Kier molecular flexibility index (Phi) is 7.32. The summed E-state index contributed by atoms with van der Waals surface area (Å²) >= 11 is 5.81. The van der Waals surface area contributed by atoms with Gasteiger partial charge in [0.25, 0.3) is 0 Å². The van der Waals surface area contributed by atoms with Crippen molar-refractivity contribution in [3.05, 3.63) is 47.2 Å². The summed E-state index contributed by atoms with van der Waals surface area (Å²) in [4.78, 5) is 13.0. The molecular formula is C19H22ClFN2O5S. The van der Waals surface area contributed by atoms with Crippen LogP contribution >= 0.6 is 11.6 Å². The zero-order valence-electron chi connectivity index (χ0n) is 16.4. The van der Waals surface area contributed by atoms with Crippen molar-refractivity contribution in [2.75, 3.05) is 30.1 Å². The van der Waals surface area contributed by atoms with E-state index in [4.69, 9.17) is 21.1 Å². The molecule has 0 heterocycles. The number of nitrogens with zero attached hydrogens (tertiary/aromatic N) is 1. The Morgan fingerprint density at radius 3 is 2.41 bits per heavy atom. The Balaban J connectivity index is 2.42. The lowest BCUT2D eigenvalue weighted by Gasteiger charge is -2.30. The van der Waals surface area contributed by atoms with E-state index in [-0.39, 0.29) is 17.1 Å². The highest BCUT2D eigenvalue weighted by molar-refractivity contribution is 7.92. The molecule has 1 N–H and O–H groups in total. The Morgan fingerprint density at radius 1 is 1.21 bits per heavy atom. The van der Waals surface area contributed by atoms with Crippen LogP contribution in [-0.4, -0.2) is 40.8 Å². The SMILES string of the molecule is CC[C@@H](C(=O)Nc1ccc(OC)cc1OC)N(c1ccc(F)c(Cl)c1)S(C)(=O)=O. The van der Waals surface area contributed by atoms with E-state index in [0.29, 0.717) is 17.2 Å². The fraction of sp³-hybridized carbons (Fsp3) is 0.316. The van der Waals surface area contributed by atoms with Crippen LogP contribution < -0.4 is 19.1 Å². The van der Waals surface area contributed by atoms with Gasteiger partial charge in [-0.15, -0.1) is 0 Å². The second-order valence-electron chi connectivity index (χ2n) is 6.14. The monoisotopic (exact) mass is 444 g/mol. The van der Waals surface area contributed by atoms with Gasteiger partial charge in [-0.25, -0.2) is 12.8 Å². The third-order valence-corrected chi connectivity index (χ3v) is 5.62. The van der Waals surface area contributed by atoms with Gasteiger partial charge < -0.3 is 14.8 Å². The average molecular weight is 445 g/mol. The minimum atomic E-state index is -3.88. The molecule has 0 aliphatic rings. The summed E-state index contributed by atoms with van der Waals surface area (Å²) in [6.07, 6.45) is 1.13. The third kappa shape index (κ3) is 5.30. The van der Waals surface area contributed by atoms with Gasteiger partial charge in [-0.3, -0.25) is 9.10 Å². The summed E-state index contributed by atoms with van der Waals surface area (Å²) in [5.74, 6) is -0.389. The molecule has 0 bridgehead atoms.